The van der Waals surface area contributed by atoms with Crippen molar-refractivity contribution in [2.45, 2.75) is 44.2 Å². The summed E-state index contributed by atoms with van der Waals surface area (Å²) in [5, 5.41) is 22.1. The molecular formula is C33H32N8O2. The fourth-order valence-electron chi connectivity index (χ4n) is 6.51. The minimum absolute atomic E-state index is 0.218. The molecule has 1 saturated heterocycles. The average Bonchev–Trinajstić information content (AvgIpc) is 3.59. The van der Waals surface area contributed by atoms with E-state index in [0.717, 1.165) is 53.5 Å². The van der Waals surface area contributed by atoms with Crippen molar-refractivity contribution in [1.82, 2.24) is 39.4 Å². The third-order valence-electron chi connectivity index (χ3n) is 8.96. The molecule has 1 saturated carbocycles. The van der Waals surface area contributed by atoms with Gasteiger partial charge in [0.05, 0.1) is 47.5 Å². The zero-order valence-corrected chi connectivity index (χ0v) is 23.9. The van der Waals surface area contributed by atoms with E-state index < -0.39 is 0 Å². The second-order valence-corrected chi connectivity index (χ2v) is 11.9. The lowest BCUT2D eigenvalue weighted by atomic mass is 10.0. The number of rotatable bonds is 6. The SMILES string of the molecule is CN1CCC[C@H](n2cc(-c3cc4c(-c5cccc(-n6ncc7cc(C8CC8)ccc7c6=O)c5CO)ncnc4[nH]3)cn2)C1. The summed E-state index contributed by atoms with van der Waals surface area (Å²) in [5.41, 5.74) is 6.09. The predicted molar refractivity (Wildman–Crippen MR) is 165 cm³/mol. The fourth-order valence-corrected chi connectivity index (χ4v) is 6.51. The smallest absolute Gasteiger partial charge is 0.279 e. The molecule has 0 spiro atoms. The summed E-state index contributed by atoms with van der Waals surface area (Å²) >= 11 is 0. The summed E-state index contributed by atoms with van der Waals surface area (Å²) in [6.07, 6.45) is 11.9. The minimum Gasteiger partial charge on any atom is -0.392 e. The average molecular weight is 573 g/mol. The van der Waals surface area contributed by atoms with Crippen LogP contribution in [0, 0.1) is 0 Å². The number of piperidine rings is 1. The molecule has 8 rings (SSSR count). The molecule has 2 fully saturated rings. The monoisotopic (exact) mass is 572 g/mol. The molecule has 10 nitrogen and oxygen atoms in total. The van der Waals surface area contributed by atoms with Gasteiger partial charge in [0.15, 0.2) is 0 Å². The summed E-state index contributed by atoms with van der Waals surface area (Å²) < 4.78 is 3.45. The van der Waals surface area contributed by atoms with Crippen LogP contribution in [0.25, 0.3) is 50.0 Å². The van der Waals surface area contributed by atoms with Crippen LogP contribution in [0.5, 0.6) is 0 Å². The van der Waals surface area contributed by atoms with Gasteiger partial charge >= 0.3 is 0 Å². The molecular weight excluding hydrogens is 540 g/mol. The lowest BCUT2D eigenvalue weighted by molar-refractivity contribution is 0.202. The first-order valence-electron chi connectivity index (χ1n) is 14.9. The number of nitrogens with zero attached hydrogens (tertiary/aromatic N) is 7. The van der Waals surface area contributed by atoms with Crippen LogP contribution in [0.15, 0.2) is 72.2 Å². The maximum absolute atomic E-state index is 13.6. The highest BCUT2D eigenvalue weighted by Crippen LogP contribution is 2.40. The first-order valence-corrected chi connectivity index (χ1v) is 14.9. The van der Waals surface area contributed by atoms with E-state index in [1.165, 1.54) is 29.4 Å². The zero-order valence-electron chi connectivity index (χ0n) is 23.9. The second-order valence-electron chi connectivity index (χ2n) is 11.9. The highest BCUT2D eigenvalue weighted by molar-refractivity contribution is 5.95. The van der Waals surface area contributed by atoms with Gasteiger partial charge in [0.1, 0.15) is 12.0 Å². The summed E-state index contributed by atoms with van der Waals surface area (Å²) in [4.78, 5) is 28.5. The number of hydrogen-bond donors (Lipinski definition) is 2. The van der Waals surface area contributed by atoms with Crippen molar-refractivity contribution >= 4 is 21.8 Å². The molecule has 6 aromatic rings. The normalized spacial score (nSPS) is 17.7. The van der Waals surface area contributed by atoms with Crippen LogP contribution < -0.4 is 5.56 Å². The summed E-state index contributed by atoms with van der Waals surface area (Å²) in [5.74, 6) is 0.596. The number of aromatic nitrogens is 7. The molecule has 1 atom stereocenters. The van der Waals surface area contributed by atoms with Gasteiger partial charge < -0.3 is 15.0 Å². The number of likely N-dealkylation sites (tertiary alicyclic amines) is 1. The lowest BCUT2D eigenvalue weighted by Gasteiger charge is -2.29. The van der Waals surface area contributed by atoms with Crippen LogP contribution >= 0.6 is 0 Å². The number of aliphatic hydroxyl groups is 1. The van der Waals surface area contributed by atoms with Crippen molar-refractivity contribution in [3.8, 4) is 28.2 Å². The fraction of sp³-hybridized carbons (Fsp3) is 0.303. The quantitative estimate of drug-likeness (QED) is 0.294. The van der Waals surface area contributed by atoms with Gasteiger partial charge in [0.25, 0.3) is 5.56 Å². The largest absolute Gasteiger partial charge is 0.392 e. The van der Waals surface area contributed by atoms with Crippen LogP contribution in [0.4, 0.5) is 0 Å². The van der Waals surface area contributed by atoms with E-state index in [-0.39, 0.29) is 12.2 Å². The van der Waals surface area contributed by atoms with E-state index in [1.807, 2.05) is 42.6 Å². The van der Waals surface area contributed by atoms with Gasteiger partial charge in [-0.05, 0) is 75.0 Å². The van der Waals surface area contributed by atoms with Gasteiger partial charge in [0, 0.05) is 40.2 Å². The maximum atomic E-state index is 13.6. The van der Waals surface area contributed by atoms with Crippen LogP contribution in [-0.2, 0) is 6.61 Å². The number of aliphatic hydroxyl groups excluding tert-OH is 1. The van der Waals surface area contributed by atoms with Crippen LogP contribution in [0.3, 0.4) is 0 Å². The minimum atomic E-state index is -0.288. The number of H-pyrrole nitrogens is 1. The van der Waals surface area contributed by atoms with Crippen molar-refractivity contribution in [2.75, 3.05) is 20.1 Å². The van der Waals surface area contributed by atoms with Crippen molar-refractivity contribution in [3.05, 3.63) is 88.9 Å². The van der Waals surface area contributed by atoms with E-state index in [9.17, 15) is 9.90 Å². The second kappa shape index (κ2) is 10.3. The van der Waals surface area contributed by atoms with Crippen molar-refractivity contribution in [1.29, 1.82) is 0 Å². The van der Waals surface area contributed by atoms with Crippen LogP contribution in [0.2, 0.25) is 0 Å². The first-order chi connectivity index (χ1) is 21.1. The highest BCUT2D eigenvalue weighted by Gasteiger charge is 2.24. The Bertz CT molecular complexity index is 2050. The van der Waals surface area contributed by atoms with E-state index in [0.29, 0.717) is 39.9 Å². The molecule has 4 aromatic heterocycles. The Morgan fingerprint density at radius 2 is 1.93 bits per heavy atom. The molecule has 216 valence electrons. The number of likely N-dealkylation sites (N-methyl/N-ethyl adjacent to an activating group) is 1. The van der Waals surface area contributed by atoms with Crippen LogP contribution in [0.1, 0.15) is 48.8 Å². The van der Waals surface area contributed by atoms with Gasteiger partial charge in [-0.3, -0.25) is 9.48 Å². The van der Waals surface area contributed by atoms with E-state index >= 15 is 0 Å². The van der Waals surface area contributed by atoms with Crippen molar-refractivity contribution in [3.63, 3.8) is 0 Å². The summed E-state index contributed by atoms with van der Waals surface area (Å²) in [7, 11) is 2.15. The molecule has 0 amide bonds. The molecule has 2 aromatic carbocycles. The van der Waals surface area contributed by atoms with Crippen molar-refractivity contribution in [2.24, 2.45) is 0 Å². The third-order valence-corrected chi connectivity index (χ3v) is 8.96. The Labute approximate surface area is 247 Å². The molecule has 0 unspecified atom stereocenters. The number of aromatic amines is 1. The van der Waals surface area contributed by atoms with E-state index in [4.69, 9.17) is 0 Å². The molecule has 2 aliphatic rings. The van der Waals surface area contributed by atoms with Crippen molar-refractivity contribution < 1.29 is 5.11 Å². The van der Waals surface area contributed by atoms with Gasteiger partial charge in [-0.2, -0.15) is 14.9 Å². The Morgan fingerprint density at radius 1 is 1.02 bits per heavy atom. The molecule has 43 heavy (non-hydrogen) atoms. The van der Waals surface area contributed by atoms with E-state index in [1.54, 1.807) is 6.20 Å². The molecule has 1 aliphatic heterocycles. The van der Waals surface area contributed by atoms with Gasteiger partial charge in [0.2, 0.25) is 0 Å². The maximum Gasteiger partial charge on any atom is 0.279 e. The Morgan fingerprint density at radius 3 is 2.77 bits per heavy atom. The Balaban J connectivity index is 1.19. The van der Waals surface area contributed by atoms with Gasteiger partial charge in [-0.25, -0.2) is 9.97 Å². The van der Waals surface area contributed by atoms with Crippen LogP contribution in [-0.4, -0.2) is 64.7 Å². The Hall–Kier alpha value is -4.67. The molecule has 0 bridgehead atoms. The number of hydrogen-bond acceptors (Lipinski definition) is 7. The topological polar surface area (TPSA) is 118 Å². The molecule has 10 heteroatoms. The summed E-state index contributed by atoms with van der Waals surface area (Å²) in [6.45, 7) is 1.82. The highest BCUT2D eigenvalue weighted by atomic mass is 16.3. The third kappa shape index (κ3) is 4.54. The Kier molecular flexibility index (Phi) is 6.20. The predicted octanol–water partition coefficient (Wildman–Crippen LogP) is 4.82. The zero-order chi connectivity index (χ0) is 29.1. The standard InChI is InChI=1S/C33H32N8O2/c1-39-11-3-4-24(17-39)40-16-23(15-36-40)29-13-27-31(34-19-35-32(27)38-29)26-5-2-6-30(28(26)18-42)41-33(43)25-10-9-21(20-7-8-20)12-22(25)14-37-41/h2,5-6,9-10,12-16,19-20,24,42H,3-4,7-8,11,17-18H2,1H3,(H,34,35,38)/t24-/m0/s1. The molecule has 2 N–H and O–H groups in total. The number of fused-ring (bicyclic) bond motifs is 2. The molecule has 0 radical (unpaired) electrons. The van der Waals surface area contributed by atoms with Gasteiger partial charge in [-0.15, -0.1) is 0 Å². The lowest BCUT2D eigenvalue weighted by Crippen LogP contribution is -2.33. The number of nitrogens with one attached hydrogen (secondary N) is 1. The first kappa shape index (κ1) is 26.0. The number of benzene rings is 2. The van der Waals surface area contributed by atoms with Gasteiger partial charge in [-0.1, -0.05) is 18.2 Å². The molecule has 5 heterocycles. The summed E-state index contributed by atoms with van der Waals surface area (Å²) in [6, 6.07) is 14.0. The molecule has 1 aliphatic carbocycles. The van der Waals surface area contributed by atoms with E-state index in [2.05, 4.69) is 54.0 Å².